The number of anilines is 1. The van der Waals surface area contributed by atoms with Crippen LogP contribution in [-0.4, -0.2) is 12.2 Å². The minimum absolute atomic E-state index is 0.0205. The van der Waals surface area contributed by atoms with Gasteiger partial charge in [0.05, 0.1) is 10.7 Å². The molecule has 2 aromatic carbocycles. The van der Waals surface area contributed by atoms with Crippen LogP contribution in [0.5, 0.6) is 0 Å². The number of nitrogens with one attached hydrogen (secondary N) is 1. The fourth-order valence-corrected chi connectivity index (χ4v) is 3.86. The highest BCUT2D eigenvalue weighted by molar-refractivity contribution is 8.04. The quantitative estimate of drug-likeness (QED) is 0.792. The molecule has 1 N–H and O–H groups in total. The van der Waals surface area contributed by atoms with Gasteiger partial charge in [0, 0.05) is 0 Å². The predicted molar refractivity (Wildman–Crippen MR) is 93.0 cm³/mol. The van der Waals surface area contributed by atoms with Gasteiger partial charge in [-0.15, -0.1) is 0 Å². The fraction of sp³-hybridized carbons (Fsp3) is 0.167. The van der Waals surface area contributed by atoms with E-state index in [9.17, 15) is 18.0 Å². The molecule has 1 fully saturated rings. The summed E-state index contributed by atoms with van der Waals surface area (Å²) in [7, 11) is 0. The molecule has 2 aromatic rings. The van der Waals surface area contributed by atoms with Crippen LogP contribution in [0.15, 0.2) is 71.8 Å². The summed E-state index contributed by atoms with van der Waals surface area (Å²) in [6, 6.07) is 15.2. The van der Waals surface area contributed by atoms with Gasteiger partial charge in [0.1, 0.15) is 0 Å². The van der Waals surface area contributed by atoms with Crippen molar-refractivity contribution in [3.63, 3.8) is 0 Å². The Balaban J connectivity index is 2.10. The van der Waals surface area contributed by atoms with E-state index in [1.807, 2.05) is 0 Å². The third-order valence-corrected chi connectivity index (χ3v) is 5.31. The topological polar surface area (TPSA) is 32.3 Å². The molecule has 1 unspecified atom stereocenters. The molecule has 0 saturated carbocycles. The fourth-order valence-electron chi connectivity index (χ4n) is 2.64. The molecule has 1 aliphatic rings. The molecule has 130 valence electrons. The average Bonchev–Trinajstić information content (AvgIpc) is 2.61. The smallest absolute Gasteiger partial charge is 0.311 e. The first kappa shape index (κ1) is 17.4. The normalized spacial score (nSPS) is 22.8. The van der Waals surface area contributed by atoms with Gasteiger partial charge in [-0.05, 0) is 24.6 Å². The number of carbonyl (C=O) groups is 1. The number of amides is 2. The minimum Gasteiger partial charge on any atom is -0.311 e. The number of rotatable bonds is 2. The van der Waals surface area contributed by atoms with Gasteiger partial charge in [-0.1, -0.05) is 66.4 Å². The molecule has 1 atom stereocenters. The molecular weight excluding hydrogens is 349 g/mol. The van der Waals surface area contributed by atoms with Crippen molar-refractivity contribution in [2.45, 2.75) is 18.0 Å². The Morgan fingerprint density at radius 1 is 1.04 bits per heavy atom. The Morgan fingerprint density at radius 3 is 2.12 bits per heavy atom. The summed E-state index contributed by atoms with van der Waals surface area (Å²) in [6.07, 6.45) is -3.16. The number of halogens is 3. The van der Waals surface area contributed by atoms with Gasteiger partial charge < -0.3 is 5.32 Å². The predicted octanol–water partition coefficient (Wildman–Crippen LogP) is 5.23. The molecule has 1 saturated heterocycles. The third-order valence-electron chi connectivity index (χ3n) is 3.80. The molecule has 3 rings (SSSR count). The lowest BCUT2D eigenvalue weighted by Crippen LogP contribution is -2.60. The number of hydrogen-bond donors (Lipinski definition) is 1. The van der Waals surface area contributed by atoms with E-state index >= 15 is 0 Å². The number of thioether (sulfide) groups is 1. The monoisotopic (exact) mass is 364 g/mol. The zero-order chi connectivity index (χ0) is 18.1. The Hall–Kier alpha value is -2.41. The molecule has 0 radical (unpaired) electrons. The highest BCUT2D eigenvalue weighted by atomic mass is 32.2. The number of para-hydroxylation sites is 1. The van der Waals surface area contributed by atoms with Gasteiger partial charge >= 0.3 is 12.2 Å². The summed E-state index contributed by atoms with van der Waals surface area (Å²) in [6.45, 7) is 1.61. The van der Waals surface area contributed by atoms with Crippen LogP contribution in [0.1, 0.15) is 12.5 Å². The van der Waals surface area contributed by atoms with Crippen molar-refractivity contribution in [1.29, 1.82) is 0 Å². The number of benzene rings is 2. The lowest BCUT2D eigenvalue weighted by molar-refractivity contribution is -0.167. The van der Waals surface area contributed by atoms with Crippen LogP contribution in [-0.2, 0) is 4.87 Å². The van der Waals surface area contributed by atoms with Gasteiger partial charge in [-0.2, -0.15) is 13.2 Å². The molecule has 7 heteroatoms. The molecule has 1 heterocycles. The van der Waals surface area contributed by atoms with Gasteiger partial charge in [-0.25, -0.2) is 4.79 Å². The van der Waals surface area contributed by atoms with Crippen LogP contribution >= 0.6 is 11.8 Å². The maximum absolute atomic E-state index is 14.0. The van der Waals surface area contributed by atoms with Crippen LogP contribution in [0.25, 0.3) is 0 Å². The highest BCUT2D eigenvalue weighted by Gasteiger charge is 2.61. The van der Waals surface area contributed by atoms with Crippen molar-refractivity contribution in [1.82, 2.24) is 5.32 Å². The van der Waals surface area contributed by atoms with Crippen LogP contribution in [0.2, 0.25) is 0 Å². The molecule has 2 amide bonds. The molecule has 1 aliphatic heterocycles. The van der Waals surface area contributed by atoms with Crippen LogP contribution < -0.4 is 10.2 Å². The standard InChI is InChI=1S/C18H15F3N2OS/c1-2-15-23(14-11-7-4-8-12-14)16(24)22-17(25-15,18(19,20)21)13-9-5-3-6-10-13/h2-12H,1H3,(H,22,24). The molecule has 3 nitrogen and oxygen atoms in total. The highest BCUT2D eigenvalue weighted by Crippen LogP contribution is 2.53. The number of hydrogen-bond acceptors (Lipinski definition) is 2. The number of alkyl halides is 3. The van der Waals surface area contributed by atoms with E-state index in [-0.39, 0.29) is 10.6 Å². The second kappa shape index (κ2) is 6.48. The van der Waals surface area contributed by atoms with Crippen LogP contribution in [0, 0.1) is 0 Å². The maximum atomic E-state index is 14.0. The average molecular weight is 364 g/mol. The van der Waals surface area contributed by atoms with Crippen LogP contribution in [0.4, 0.5) is 23.7 Å². The van der Waals surface area contributed by atoms with Crippen molar-refractivity contribution in [3.05, 3.63) is 77.3 Å². The number of nitrogens with zero attached hydrogens (tertiary/aromatic N) is 1. The van der Waals surface area contributed by atoms with Crippen molar-refractivity contribution in [3.8, 4) is 0 Å². The van der Waals surface area contributed by atoms with E-state index in [2.05, 4.69) is 5.32 Å². The van der Waals surface area contributed by atoms with Gasteiger partial charge in [0.15, 0.2) is 0 Å². The third kappa shape index (κ3) is 3.00. The Kier molecular flexibility index (Phi) is 4.51. The summed E-state index contributed by atoms with van der Waals surface area (Å²) in [5, 5.41) is 2.40. The van der Waals surface area contributed by atoms with Gasteiger partial charge in [-0.3, -0.25) is 4.90 Å². The minimum atomic E-state index is -4.67. The molecule has 0 aromatic heterocycles. The summed E-state index contributed by atoms with van der Waals surface area (Å²) in [5.41, 5.74) is 0.484. The van der Waals surface area contributed by atoms with E-state index in [0.29, 0.717) is 17.4 Å². The summed E-state index contributed by atoms with van der Waals surface area (Å²) in [5.74, 6) is 0. The summed E-state index contributed by atoms with van der Waals surface area (Å²) >= 11 is 0.576. The van der Waals surface area contributed by atoms with E-state index in [1.165, 1.54) is 35.2 Å². The Labute approximate surface area is 147 Å². The Bertz CT molecular complexity index is 793. The lowest BCUT2D eigenvalue weighted by atomic mass is 10.1. The van der Waals surface area contributed by atoms with Crippen LogP contribution in [0.3, 0.4) is 0 Å². The van der Waals surface area contributed by atoms with E-state index in [4.69, 9.17) is 0 Å². The number of carbonyl (C=O) groups excluding carboxylic acids is 1. The SMILES string of the molecule is CC=C1SC(c2ccccc2)(C(F)(F)F)NC(=O)N1c1ccccc1. The van der Waals surface area contributed by atoms with Gasteiger partial charge in [0.25, 0.3) is 0 Å². The zero-order valence-electron chi connectivity index (χ0n) is 13.2. The first-order valence-corrected chi connectivity index (χ1v) is 8.35. The summed E-state index contributed by atoms with van der Waals surface area (Å²) in [4.78, 5) is 11.4. The second-order valence-electron chi connectivity index (χ2n) is 5.38. The second-order valence-corrected chi connectivity index (χ2v) is 6.61. The largest absolute Gasteiger partial charge is 0.425 e. The van der Waals surface area contributed by atoms with Gasteiger partial charge in [0.2, 0.25) is 4.87 Å². The van der Waals surface area contributed by atoms with Crippen molar-refractivity contribution in [2.24, 2.45) is 0 Å². The molecular formula is C18H15F3N2OS. The molecule has 0 bridgehead atoms. The van der Waals surface area contributed by atoms with E-state index in [0.717, 1.165) is 0 Å². The molecule has 25 heavy (non-hydrogen) atoms. The maximum Gasteiger partial charge on any atom is 0.425 e. The van der Waals surface area contributed by atoms with Crippen molar-refractivity contribution >= 4 is 23.5 Å². The number of allylic oxidation sites excluding steroid dienone is 1. The molecule has 0 spiro atoms. The first-order valence-electron chi connectivity index (χ1n) is 7.54. The van der Waals surface area contributed by atoms with Crippen molar-refractivity contribution < 1.29 is 18.0 Å². The summed E-state index contributed by atoms with van der Waals surface area (Å²) < 4.78 is 42.0. The van der Waals surface area contributed by atoms with Crippen molar-refractivity contribution in [2.75, 3.05) is 4.90 Å². The lowest BCUT2D eigenvalue weighted by Gasteiger charge is -2.44. The number of urea groups is 1. The van der Waals surface area contributed by atoms with E-state index in [1.54, 1.807) is 43.3 Å². The molecule has 0 aliphatic carbocycles. The Morgan fingerprint density at radius 2 is 1.60 bits per heavy atom. The first-order chi connectivity index (χ1) is 11.9. The van der Waals surface area contributed by atoms with E-state index < -0.39 is 17.1 Å². The zero-order valence-corrected chi connectivity index (χ0v) is 14.1.